The average molecular weight is 388 g/mol. The van der Waals surface area contributed by atoms with Gasteiger partial charge in [-0.3, -0.25) is 10.1 Å². The zero-order chi connectivity index (χ0) is 19.2. The van der Waals surface area contributed by atoms with Crippen LogP contribution in [0.25, 0.3) is 0 Å². The Kier molecular flexibility index (Phi) is 6.41. The molecule has 27 heavy (non-hydrogen) atoms. The maximum Gasteiger partial charge on any atom is 0.319 e. The summed E-state index contributed by atoms with van der Waals surface area (Å²) in [6.45, 7) is 5.81. The lowest BCUT2D eigenvalue weighted by Gasteiger charge is -2.20. The first-order chi connectivity index (χ1) is 13.0. The van der Waals surface area contributed by atoms with Crippen molar-refractivity contribution in [2.24, 2.45) is 0 Å². The van der Waals surface area contributed by atoms with Crippen LogP contribution in [0.15, 0.2) is 30.5 Å². The summed E-state index contributed by atoms with van der Waals surface area (Å²) in [7, 11) is 0. The van der Waals surface area contributed by atoms with Crippen molar-refractivity contribution in [3.05, 3.63) is 40.9 Å². The van der Waals surface area contributed by atoms with Crippen LogP contribution >= 0.6 is 11.3 Å². The van der Waals surface area contributed by atoms with Crippen molar-refractivity contribution >= 4 is 34.1 Å². The minimum absolute atomic E-state index is 0.0375. The summed E-state index contributed by atoms with van der Waals surface area (Å²) in [5, 5.41) is 12.3. The third-order valence-corrected chi connectivity index (χ3v) is 5.36. The number of hydrogen-bond donors (Lipinski definition) is 4. The number of amides is 3. The monoisotopic (exact) mass is 387 g/mol. The SMILES string of the molecule is CC(C)NC(=O)Nc1cccc(C(=O)Nc2ncc(C3CCNCC3)s2)c1. The Bertz CT molecular complexity index is 799. The van der Waals surface area contributed by atoms with Gasteiger partial charge in [0.15, 0.2) is 5.13 Å². The highest BCUT2D eigenvalue weighted by molar-refractivity contribution is 7.15. The summed E-state index contributed by atoms with van der Waals surface area (Å²) in [5.41, 5.74) is 1.03. The van der Waals surface area contributed by atoms with Crippen molar-refractivity contribution < 1.29 is 9.59 Å². The van der Waals surface area contributed by atoms with Gasteiger partial charge in [0, 0.05) is 28.4 Å². The van der Waals surface area contributed by atoms with Gasteiger partial charge in [0.25, 0.3) is 5.91 Å². The normalized spacial score (nSPS) is 14.8. The fraction of sp³-hybridized carbons (Fsp3) is 0.421. The summed E-state index contributed by atoms with van der Waals surface area (Å²) in [6.07, 6.45) is 4.06. The summed E-state index contributed by atoms with van der Waals surface area (Å²) < 4.78 is 0. The fourth-order valence-electron chi connectivity index (χ4n) is 2.98. The highest BCUT2D eigenvalue weighted by Gasteiger charge is 2.18. The lowest BCUT2D eigenvalue weighted by Crippen LogP contribution is -2.34. The minimum atomic E-state index is -0.297. The lowest BCUT2D eigenvalue weighted by atomic mass is 9.97. The third kappa shape index (κ3) is 5.51. The molecule has 3 amide bonds. The first-order valence-electron chi connectivity index (χ1n) is 9.16. The van der Waals surface area contributed by atoms with Crippen LogP contribution in [0.1, 0.15) is 47.8 Å². The van der Waals surface area contributed by atoms with Crippen molar-refractivity contribution in [3.8, 4) is 0 Å². The molecule has 2 aromatic rings. The van der Waals surface area contributed by atoms with Crippen LogP contribution in [0.5, 0.6) is 0 Å². The molecule has 0 atom stereocenters. The molecular weight excluding hydrogens is 362 g/mol. The molecule has 0 bridgehead atoms. The van der Waals surface area contributed by atoms with Gasteiger partial charge in [-0.2, -0.15) is 0 Å². The second-order valence-electron chi connectivity index (χ2n) is 6.88. The Morgan fingerprint density at radius 2 is 2.00 bits per heavy atom. The van der Waals surface area contributed by atoms with Crippen LogP contribution in [0.4, 0.5) is 15.6 Å². The molecule has 4 N–H and O–H groups in total. The van der Waals surface area contributed by atoms with E-state index in [0.717, 1.165) is 25.9 Å². The number of rotatable bonds is 5. The number of piperidine rings is 1. The molecular formula is C19H25N5O2S. The number of hydrogen-bond acceptors (Lipinski definition) is 5. The van der Waals surface area contributed by atoms with Crippen LogP contribution < -0.4 is 21.3 Å². The molecule has 0 aliphatic carbocycles. The summed E-state index contributed by atoms with van der Waals surface area (Å²) >= 11 is 1.53. The Labute approximate surface area is 163 Å². The first-order valence-corrected chi connectivity index (χ1v) is 9.98. The summed E-state index contributed by atoms with van der Waals surface area (Å²) in [5.74, 6) is 0.274. The van der Waals surface area contributed by atoms with Gasteiger partial charge in [-0.25, -0.2) is 9.78 Å². The van der Waals surface area contributed by atoms with Crippen molar-refractivity contribution in [2.45, 2.75) is 38.6 Å². The number of anilines is 2. The topological polar surface area (TPSA) is 95.2 Å². The molecule has 144 valence electrons. The number of nitrogens with zero attached hydrogens (tertiary/aromatic N) is 1. The van der Waals surface area contributed by atoms with Crippen molar-refractivity contribution in [2.75, 3.05) is 23.7 Å². The first kappa shape index (κ1) is 19.3. The summed E-state index contributed by atoms with van der Waals surface area (Å²) in [4.78, 5) is 29.9. The van der Waals surface area contributed by atoms with E-state index in [-0.39, 0.29) is 18.0 Å². The lowest BCUT2D eigenvalue weighted by molar-refractivity contribution is 0.102. The molecule has 0 saturated carbocycles. The molecule has 0 radical (unpaired) electrons. The van der Waals surface area contributed by atoms with E-state index in [0.29, 0.717) is 22.3 Å². The Hall–Kier alpha value is -2.45. The molecule has 8 heteroatoms. The molecule has 1 aromatic heterocycles. The Morgan fingerprint density at radius 1 is 1.22 bits per heavy atom. The predicted molar refractivity (Wildman–Crippen MR) is 109 cm³/mol. The molecule has 1 aliphatic rings. The van der Waals surface area contributed by atoms with Crippen molar-refractivity contribution in [1.29, 1.82) is 0 Å². The van der Waals surface area contributed by atoms with Gasteiger partial charge in [-0.15, -0.1) is 11.3 Å². The standard InChI is InChI=1S/C19H25N5O2S/c1-12(2)22-18(26)23-15-5-3-4-14(10-15)17(25)24-19-21-11-16(27-19)13-6-8-20-9-7-13/h3-5,10-13,20H,6-9H2,1-2H3,(H,21,24,25)(H2,22,23,26). The number of urea groups is 1. The van der Waals surface area contributed by atoms with E-state index >= 15 is 0 Å². The van der Waals surface area contributed by atoms with E-state index in [1.807, 2.05) is 20.0 Å². The number of carbonyl (C=O) groups excluding carboxylic acids is 2. The van der Waals surface area contributed by atoms with Crippen molar-refractivity contribution in [3.63, 3.8) is 0 Å². The van der Waals surface area contributed by atoms with Crippen LogP contribution in [0.3, 0.4) is 0 Å². The quantitative estimate of drug-likeness (QED) is 0.632. The van der Waals surface area contributed by atoms with Gasteiger partial charge in [0.05, 0.1) is 0 Å². The van der Waals surface area contributed by atoms with E-state index in [9.17, 15) is 9.59 Å². The van der Waals surface area contributed by atoms with E-state index in [1.165, 1.54) is 16.2 Å². The largest absolute Gasteiger partial charge is 0.336 e. The van der Waals surface area contributed by atoms with E-state index in [1.54, 1.807) is 24.3 Å². The van der Waals surface area contributed by atoms with Crippen LogP contribution in [-0.4, -0.2) is 36.1 Å². The highest BCUT2D eigenvalue weighted by atomic mass is 32.1. The molecule has 1 saturated heterocycles. The molecule has 3 rings (SSSR count). The molecule has 7 nitrogen and oxygen atoms in total. The van der Waals surface area contributed by atoms with Crippen LogP contribution in [0.2, 0.25) is 0 Å². The van der Waals surface area contributed by atoms with E-state index < -0.39 is 0 Å². The fourth-order valence-corrected chi connectivity index (χ4v) is 3.96. The second kappa shape index (κ2) is 8.96. The van der Waals surface area contributed by atoms with Crippen LogP contribution in [-0.2, 0) is 0 Å². The Balaban J connectivity index is 1.62. The van der Waals surface area contributed by atoms with E-state index in [4.69, 9.17) is 0 Å². The third-order valence-electron chi connectivity index (χ3n) is 4.29. The highest BCUT2D eigenvalue weighted by Crippen LogP contribution is 2.31. The number of thiazole rings is 1. The van der Waals surface area contributed by atoms with Gasteiger partial charge >= 0.3 is 6.03 Å². The van der Waals surface area contributed by atoms with Gasteiger partial charge in [0.2, 0.25) is 0 Å². The van der Waals surface area contributed by atoms with Gasteiger partial charge < -0.3 is 16.0 Å². The van der Waals surface area contributed by atoms with Gasteiger partial charge in [-0.05, 0) is 63.9 Å². The van der Waals surface area contributed by atoms with E-state index in [2.05, 4.69) is 26.3 Å². The molecule has 1 fully saturated rings. The van der Waals surface area contributed by atoms with Crippen molar-refractivity contribution in [1.82, 2.24) is 15.6 Å². The van der Waals surface area contributed by atoms with Gasteiger partial charge in [-0.1, -0.05) is 6.07 Å². The van der Waals surface area contributed by atoms with Crippen LogP contribution in [0, 0.1) is 0 Å². The molecule has 1 aromatic carbocycles. The number of aromatic nitrogens is 1. The number of benzene rings is 1. The molecule has 1 aliphatic heterocycles. The Morgan fingerprint density at radius 3 is 2.74 bits per heavy atom. The molecule has 2 heterocycles. The minimum Gasteiger partial charge on any atom is -0.336 e. The zero-order valence-corrected chi connectivity index (χ0v) is 16.4. The maximum absolute atomic E-state index is 12.5. The predicted octanol–water partition coefficient (Wildman–Crippen LogP) is 3.39. The van der Waals surface area contributed by atoms with Gasteiger partial charge in [0.1, 0.15) is 0 Å². The number of carbonyl (C=O) groups is 2. The molecule has 0 unspecified atom stereocenters. The molecule has 0 spiro atoms. The summed E-state index contributed by atoms with van der Waals surface area (Å²) in [6, 6.07) is 6.58. The zero-order valence-electron chi connectivity index (χ0n) is 15.5. The number of nitrogens with one attached hydrogen (secondary N) is 4. The average Bonchev–Trinajstić information content (AvgIpc) is 3.10. The maximum atomic E-state index is 12.5. The smallest absolute Gasteiger partial charge is 0.319 e. The second-order valence-corrected chi connectivity index (χ2v) is 7.94.